The molecule has 8 heavy (non-hydrogen) atoms. The van der Waals surface area contributed by atoms with Crippen molar-refractivity contribution in [2.45, 2.75) is 10.3 Å². The Hall–Kier alpha value is -0.0600. The largest absolute Gasteiger partial charge is 0.369 e. The summed E-state index contributed by atoms with van der Waals surface area (Å²) in [6.07, 6.45) is 2.34. The standard InChI is InChI=1S/C5H8INO/c1-2-3-4(6)5(7)8/h2,4H,1,3H2,(H2,7,8). The summed E-state index contributed by atoms with van der Waals surface area (Å²) in [5.41, 5.74) is 4.93. The molecule has 3 heteroatoms. The van der Waals surface area contributed by atoms with E-state index in [9.17, 15) is 4.79 Å². The molecule has 2 nitrogen and oxygen atoms in total. The summed E-state index contributed by atoms with van der Waals surface area (Å²) in [4.78, 5) is 10.3. The summed E-state index contributed by atoms with van der Waals surface area (Å²) in [6.45, 7) is 3.47. The maximum atomic E-state index is 10.3. The van der Waals surface area contributed by atoms with Gasteiger partial charge in [-0.05, 0) is 6.42 Å². The molecule has 46 valence electrons. The van der Waals surface area contributed by atoms with E-state index in [1.54, 1.807) is 6.08 Å². The number of alkyl halides is 1. The lowest BCUT2D eigenvalue weighted by molar-refractivity contribution is -0.117. The normalized spacial score (nSPS) is 12.6. The molecule has 0 aromatic carbocycles. The van der Waals surface area contributed by atoms with E-state index in [-0.39, 0.29) is 9.83 Å². The number of rotatable bonds is 3. The number of carbonyl (C=O) groups is 1. The molecule has 0 rings (SSSR count). The third-order valence-corrected chi connectivity index (χ3v) is 1.80. The van der Waals surface area contributed by atoms with Gasteiger partial charge in [-0.1, -0.05) is 28.7 Å². The van der Waals surface area contributed by atoms with Gasteiger partial charge in [0.2, 0.25) is 5.91 Å². The van der Waals surface area contributed by atoms with Crippen molar-refractivity contribution in [1.82, 2.24) is 0 Å². The van der Waals surface area contributed by atoms with Crippen molar-refractivity contribution in [2.24, 2.45) is 5.73 Å². The maximum absolute atomic E-state index is 10.3. The molecule has 0 spiro atoms. The second kappa shape index (κ2) is 3.88. The highest BCUT2D eigenvalue weighted by Crippen LogP contribution is 2.03. The number of nitrogens with two attached hydrogens (primary N) is 1. The van der Waals surface area contributed by atoms with E-state index in [0.29, 0.717) is 6.42 Å². The van der Waals surface area contributed by atoms with Crippen LogP contribution in [0.25, 0.3) is 0 Å². The first kappa shape index (κ1) is 7.94. The minimum atomic E-state index is -0.273. The zero-order chi connectivity index (χ0) is 6.57. The van der Waals surface area contributed by atoms with Crippen LogP contribution < -0.4 is 5.73 Å². The molecule has 0 saturated heterocycles. The van der Waals surface area contributed by atoms with Crippen LogP contribution in [-0.4, -0.2) is 9.83 Å². The molecule has 0 bridgehead atoms. The summed E-state index contributed by atoms with van der Waals surface area (Å²) >= 11 is 1.99. The molecule has 0 fully saturated rings. The van der Waals surface area contributed by atoms with Crippen LogP contribution in [0.1, 0.15) is 6.42 Å². The van der Waals surface area contributed by atoms with Crippen molar-refractivity contribution in [3.63, 3.8) is 0 Å². The second-order valence-electron chi connectivity index (χ2n) is 1.39. The van der Waals surface area contributed by atoms with Gasteiger partial charge in [-0.25, -0.2) is 0 Å². The van der Waals surface area contributed by atoms with E-state index in [1.807, 2.05) is 22.6 Å². The fourth-order valence-corrected chi connectivity index (χ4v) is 0.622. The number of carbonyl (C=O) groups excluding carboxylic acids is 1. The molecule has 0 aromatic heterocycles. The SMILES string of the molecule is C=CCC(I)C(N)=O. The van der Waals surface area contributed by atoms with E-state index in [4.69, 9.17) is 5.73 Å². The van der Waals surface area contributed by atoms with Gasteiger partial charge < -0.3 is 5.73 Å². The molecule has 0 aliphatic rings. The smallest absolute Gasteiger partial charge is 0.230 e. The highest BCUT2D eigenvalue weighted by Gasteiger charge is 2.05. The zero-order valence-corrected chi connectivity index (χ0v) is 6.59. The Bertz CT molecular complexity index is 103. The first-order valence-electron chi connectivity index (χ1n) is 2.22. The van der Waals surface area contributed by atoms with Crippen LogP contribution in [0.5, 0.6) is 0 Å². The fraction of sp³-hybridized carbons (Fsp3) is 0.400. The molecule has 0 aromatic rings. The average Bonchev–Trinajstić information content (AvgIpc) is 1.67. The Morgan fingerprint density at radius 3 is 2.62 bits per heavy atom. The minimum Gasteiger partial charge on any atom is -0.369 e. The molecule has 0 aliphatic carbocycles. The Kier molecular flexibility index (Phi) is 3.85. The molecule has 0 saturated carbocycles. The van der Waals surface area contributed by atoms with Gasteiger partial charge in [-0.3, -0.25) is 4.79 Å². The minimum absolute atomic E-state index is 0.0925. The molecular weight excluding hydrogens is 217 g/mol. The lowest BCUT2D eigenvalue weighted by Gasteiger charge is -1.97. The molecule has 1 atom stereocenters. The topological polar surface area (TPSA) is 43.1 Å². The fourth-order valence-electron chi connectivity index (χ4n) is 0.262. The molecular formula is C5H8INO. The predicted octanol–water partition coefficient (Wildman–Crippen LogP) is 0.851. The van der Waals surface area contributed by atoms with Gasteiger partial charge in [0.1, 0.15) is 0 Å². The number of amides is 1. The van der Waals surface area contributed by atoms with Gasteiger partial charge >= 0.3 is 0 Å². The Balaban J connectivity index is 3.46. The van der Waals surface area contributed by atoms with Crippen LogP contribution in [0.2, 0.25) is 0 Å². The summed E-state index contributed by atoms with van der Waals surface area (Å²) < 4.78 is -0.0925. The Morgan fingerprint density at radius 2 is 2.50 bits per heavy atom. The van der Waals surface area contributed by atoms with Gasteiger partial charge in [-0.15, -0.1) is 6.58 Å². The van der Waals surface area contributed by atoms with Crippen LogP contribution >= 0.6 is 22.6 Å². The van der Waals surface area contributed by atoms with E-state index in [1.165, 1.54) is 0 Å². The monoisotopic (exact) mass is 225 g/mol. The van der Waals surface area contributed by atoms with E-state index < -0.39 is 0 Å². The summed E-state index contributed by atoms with van der Waals surface area (Å²) in [5.74, 6) is -0.273. The summed E-state index contributed by atoms with van der Waals surface area (Å²) in [6, 6.07) is 0. The molecule has 0 aliphatic heterocycles. The lowest BCUT2D eigenvalue weighted by Crippen LogP contribution is -2.22. The quantitative estimate of drug-likeness (QED) is 0.432. The Labute approximate surface area is 62.3 Å². The van der Waals surface area contributed by atoms with E-state index in [2.05, 4.69) is 6.58 Å². The van der Waals surface area contributed by atoms with E-state index in [0.717, 1.165) is 0 Å². The van der Waals surface area contributed by atoms with Crippen molar-refractivity contribution < 1.29 is 4.79 Å². The van der Waals surface area contributed by atoms with Gasteiger partial charge in [0.25, 0.3) is 0 Å². The van der Waals surface area contributed by atoms with Crippen LogP contribution in [-0.2, 0) is 4.79 Å². The van der Waals surface area contributed by atoms with Gasteiger partial charge in [-0.2, -0.15) is 0 Å². The molecule has 1 amide bonds. The van der Waals surface area contributed by atoms with Crippen LogP contribution in [0.4, 0.5) is 0 Å². The maximum Gasteiger partial charge on any atom is 0.230 e. The summed E-state index contributed by atoms with van der Waals surface area (Å²) in [5, 5.41) is 0. The van der Waals surface area contributed by atoms with Gasteiger partial charge in [0.15, 0.2) is 0 Å². The number of allylic oxidation sites excluding steroid dienone is 1. The Morgan fingerprint density at radius 1 is 2.00 bits per heavy atom. The van der Waals surface area contributed by atoms with Crippen LogP contribution in [0.15, 0.2) is 12.7 Å². The van der Waals surface area contributed by atoms with E-state index >= 15 is 0 Å². The second-order valence-corrected chi connectivity index (χ2v) is 2.90. The molecule has 1 unspecified atom stereocenters. The predicted molar refractivity (Wildman–Crippen MR) is 41.8 cm³/mol. The first-order chi connectivity index (χ1) is 3.68. The highest BCUT2D eigenvalue weighted by molar-refractivity contribution is 14.1. The highest BCUT2D eigenvalue weighted by atomic mass is 127. The van der Waals surface area contributed by atoms with Gasteiger partial charge in [0.05, 0.1) is 3.92 Å². The first-order valence-corrected chi connectivity index (χ1v) is 3.47. The van der Waals surface area contributed by atoms with Crippen molar-refractivity contribution in [3.8, 4) is 0 Å². The van der Waals surface area contributed by atoms with Crippen LogP contribution in [0.3, 0.4) is 0 Å². The van der Waals surface area contributed by atoms with Crippen molar-refractivity contribution in [2.75, 3.05) is 0 Å². The van der Waals surface area contributed by atoms with Gasteiger partial charge in [0, 0.05) is 0 Å². The molecule has 0 heterocycles. The zero-order valence-electron chi connectivity index (χ0n) is 4.43. The number of hydrogen-bond acceptors (Lipinski definition) is 1. The van der Waals surface area contributed by atoms with Crippen molar-refractivity contribution in [1.29, 1.82) is 0 Å². The number of primary amides is 1. The van der Waals surface area contributed by atoms with Crippen molar-refractivity contribution >= 4 is 28.5 Å². The third-order valence-electron chi connectivity index (χ3n) is 0.682. The number of hydrogen-bond donors (Lipinski definition) is 1. The molecule has 2 N–H and O–H groups in total. The third kappa shape index (κ3) is 3.01. The van der Waals surface area contributed by atoms with Crippen LogP contribution in [0, 0.1) is 0 Å². The average molecular weight is 225 g/mol. The summed E-state index contributed by atoms with van der Waals surface area (Å²) in [7, 11) is 0. The number of halogens is 1. The van der Waals surface area contributed by atoms with Crippen molar-refractivity contribution in [3.05, 3.63) is 12.7 Å². The lowest BCUT2D eigenvalue weighted by atomic mass is 10.3. The molecule has 0 radical (unpaired) electrons.